The summed E-state index contributed by atoms with van der Waals surface area (Å²) >= 11 is 1.63. The summed E-state index contributed by atoms with van der Waals surface area (Å²) in [6.45, 7) is 10.9. The molecule has 0 bridgehead atoms. The van der Waals surface area contributed by atoms with Crippen LogP contribution in [0.4, 0.5) is 0 Å². The smallest absolute Gasteiger partial charge is 0.191 e. The molecule has 0 radical (unpaired) electrons. The van der Waals surface area contributed by atoms with Crippen LogP contribution in [0.15, 0.2) is 22.5 Å². The lowest BCUT2D eigenvalue weighted by Crippen LogP contribution is -2.39. The van der Waals surface area contributed by atoms with Gasteiger partial charge in [-0.15, -0.1) is 10.2 Å². The molecule has 0 aliphatic rings. The highest BCUT2D eigenvalue weighted by Gasteiger charge is 2.24. The topological polar surface area (TPSA) is 105 Å². The highest BCUT2D eigenvalue weighted by atomic mass is 32.2. The fraction of sp³-hybridized carbons (Fsp3) is 0.700. The lowest BCUT2D eigenvalue weighted by molar-refractivity contribution is 0.0672. The van der Waals surface area contributed by atoms with Gasteiger partial charge in [-0.1, -0.05) is 25.6 Å². The molecule has 2 aromatic rings. The van der Waals surface area contributed by atoms with Gasteiger partial charge in [0.1, 0.15) is 11.4 Å². The Morgan fingerprint density at radius 3 is 2.70 bits per heavy atom. The number of hydrogen-bond donors (Lipinski definition) is 3. The summed E-state index contributed by atoms with van der Waals surface area (Å²) in [6, 6.07) is 0. The lowest BCUT2D eigenvalue weighted by Gasteiger charge is -2.20. The van der Waals surface area contributed by atoms with Crippen molar-refractivity contribution in [3.05, 3.63) is 23.8 Å². The van der Waals surface area contributed by atoms with Gasteiger partial charge in [0.25, 0.3) is 0 Å². The van der Waals surface area contributed by atoms with Crippen LogP contribution in [-0.4, -0.2) is 61.5 Å². The largest absolute Gasteiger partial charge is 0.383 e. The van der Waals surface area contributed by atoms with Crippen molar-refractivity contribution in [3.8, 4) is 0 Å². The molecule has 0 aliphatic heterocycles. The van der Waals surface area contributed by atoms with Gasteiger partial charge in [0.2, 0.25) is 0 Å². The Kier molecular flexibility index (Phi) is 9.16. The SMILES string of the molecule is CCNC(=NCC(C)(O)c1cnn(C)c1)NCCCc1nnc(SC)n1CC(C)C. The molecule has 1 atom stereocenters. The number of rotatable bonds is 11. The Morgan fingerprint density at radius 2 is 2.10 bits per heavy atom. The maximum atomic E-state index is 10.7. The highest BCUT2D eigenvalue weighted by molar-refractivity contribution is 7.98. The van der Waals surface area contributed by atoms with E-state index in [4.69, 9.17) is 0 Å². The van der Waals surface area contributed by atoms with Crippen LogP contribution >= 0.6 is 11.8 Å². The van der Waals surface area contributed by atoms with Crippen molar-refractivity contribution in [2.24, 2.45) is 18.0 Å². The summed E-state index contributed by atoms with van der Waals surface area (Å²) in [5.74, 6) is 2.26. The summed E-state index contributed by atoms with van der Waals surface area (Å²) in [4.78, 5) is 4.56. The second kappa shape index (κ2) is 11.4. The molecule has 30 heavy (non-hydrogen) atoms. The monoisotopic (exact) mass is 436 g/mol. The minimum absolute atomic E-state index is 0.244. The number of nitrogens with one attached hydrogen (secondary N) is 2. The van der Waals surface area contributed by atoms with E-state index in [2.05, 4.69) is 49.3 Å². The van der Waals surface area contributed by atoms with Crippen molar-refractivity contribution in [1.29, 1.82) is 0 Å². The van der Waals surface area contributed by atoms with E-state index >= 15 is 0 Å². The number of aliphatic imine (C=N–C) groups is 1. The van der Waals surface area contributed by atoms with Crippen molar-refractivity contribution >= 4 is 17.7 Å². The van der Waals surface area contributed by atoms with Crippen LogP contribution < -0.4 is 10.6 Å². The first-order valence-electron chi connectivity index (χ1n) is 10.5. The van der Waals surface area contributed by atoms with Gasteiger partial charge in [-0.3, -0.25) is 4.68 Å². The fourth-order valence-electron chi connectivity index (χ4n) is 3.02. The van der Waals surface area contributed by atoms with Crippen LogP contribution in [0.2, 0.25) is 0 Å². The van der Waals surface area contributed by atoms with E-state index in [-0.39, 0.29) is 6.54 Å². The van der Waals surface area contributed by atoms with Crippen LogP contribution in [0.5, 0.6) is 0 Å². The van der Waals surface area contributed by atoms with Crippen molar-refractivity contribution < 1.29 is 5.11 Å². The highest BCUT2D eigenvalue weighted by Crippen LogP contribution is 2.20. The Balaban J connectivity index is 1.91. The van der Waals surface area contributed by atoms with E-state index in [0.717, 1.165) is 49.0 Å². The molecule has 0 spiro atoms. The number of hydrogen-bond acceptors (Lipinski definition) is 6. The molecule has 0 amide bonds. The van der Waals surface area contributed by atoms with Gasteiger partial charge in [-0.05, 0) is 32.4 Å². The second-order valence-electron chi connectivity index (χ2n) is 8.01. The summed E-state index contributed by atoms with van der Waals surface area (Å²) in [5.41, 5.74) is -0.323. The van der Waals surface area contributed by atoms with Gasteiger partial charge in [0.05, 0.1) is 12.7 Å². The molecule has 2 heterocycles. The molecule has 0 saturated carbocycles. The quantitative estimate of drug-likeness (QED) is 0.213. The number of guanidine groups is 1. The molecule has 3 N–H and O–H groups in total. The van der Waals surface area contributed by atoms with E-state index in [1.54, 1.807) is 29.6 Å². The molecule has 168 valence electrons. The summed E-state index contributed by atoms with van der Waals surface area (Å²) in [7, 11) is 1.83. The standard InChI is InChI=1S/C20H36N8OS/c1-7-21-18(23-14-20(4,29)16-11-24-27(5)13-16)22-10-8-9-17-25-26-19(30-6)28(17)12-15(2)3/h11,13,15,29H,7-10,12,14H2,1-6H3,(H2,21,22,23). The number of aliphatic hydroxyl groups is 1. The average molecular weight is 437 g/mol. The second-order valence-corrected chi connectivity index (χ2v) is 8.78. The zero-order chi connectivity index (χ0) is 22.1. The molecule has 0 aliphatic carbocycles. The number of aromatic nitrogens is 5. The van der Waals surface area contributed by atoms with Gasteiger partial charge >= 0.3 is 0 Å². The number of thioether (sulfide) groups is 1. The van der Waals surface area contributed by atoms with Crippen LogP contribution in [-0.2, 0) is 25.6 Å². The molecule has 0 aromatic carbocycles. The van der Waals surface area contributed by atoms with Crippen molar-refractivity contribution in [3.63, 3.8) is 0 Å². The van der Waals surface area contributed by atoms with Gasteiger partial charge in [0, 0.05) is 44.9 Å². The maximum Gasteiger partial charge on any atom is 0.191 e. The van der Waals surface area contributed by atoms with Crippen LogP contribution in [0.3, 0.4) is 0 Å². The molecule has 9 nitrogen and oxygen atoms in total. The van der Waals surface area contributed by atoms with Crippen LogP contribution in [0.1, 0.15) is 45.5 Å². The Morgan fingerprint density at radius 1 is 1.33 bits per heavy atom. The van der Waals surface area contributed by atoms with Gasteiger partial charge in [0.15, 0.2) is 11.1 Å². The molecular formula is C20H36N8OS. The molecule has 0 fully saturated rings. The normalized spacial score (nSPS) is 14.2. The maximum absolute atomic E-state index is 10.7. The van der Waals surface area contributed by atoms with Crippen LogP contribution in [0.25, 0.3) is 0 Å². The summed E-state index contributed by atoms with van der Waals surface area (Å²) in [6.07, 6.45) is 7.28. The van der Waals surface area contributed by atoms with E-state index in [9.17, 15) is 5.11 Å². The molecule has 1 unspecified atom stereocenters. The fourth-order valence-corrected chi connectivity index (χ4v) is 3.54. The zero-order valence-corrected chi connectivity index (χ0v) is 19.8. The minimum Gasteiger partial charge on any atom is -0.383 e. The number of nitrogens with zero attached hydrogens (tertiary/aromatic N) is 6. The lowest BCUT2D eigenvalue weighted by atomic mass is 10.0. The third-order valence-electron chi connectivity index (χ3n) is 4.61. The van der Waals surface area contributed by atoms with E-state index in [1.807, 2.05) is 26.4 Å². The van der Waals surface area contributed by atoms with Crippen LogP contribution in [0, 0.1) is 5.92 Å². The third-order valence-corrected chi connectivity index (χ3v) is 5.28. The van der Waals surface area contributed by atoms with E-state index in [1.165, 1.54) is 0 Å². The Labute approximate surface area is 183 Å². The van der Waals surface area contributed by atoms with Gasteiger partial charge in [-0.2, -0.15) is 5.10 Å². The Bertz CT molecular complexity index is 812. The third kappa shape index (κ3) is 7.02. The van der Waals surface area contributed by atoms with Gasteiger partial charge < -0.3 is 20.3 Å². The van der Waals surface area contributed by atoms with E-state index < -0.39 is 5.60 Å². The summed E-state index contributed by atoms with van der Waals surface area (Å²) in [5, 5.41) is 31.1. The molecule has 2 rings (SSSR count). The van der Waals surface area contributed by atoms with E-state index in [0.29, 0.717) is 11.9 Å². The molecule has 2 aromatic heterocycles. The van der Waals surface area contributed by atoms with Crippen molar-refractivity contribution in [2.45, 2.75) is 57.8 Å². The predicted octanol–water partition coefficient (Wildman–Crippen LogP) is 1.78. The average Bonchev–Trinajstić information content (AvgIpc) is 3.29. The minimum atomic E-state index is -1.07. The number of aryl methyl sites for hydroxylation is 2. The zero-order valence-electron chi connectivity index (χ0n) is 19.0. The predicted molar refractivity (Wildman–Crippen MR) is 122 cm³/mol. The van der Waals surface area contributed by atoms with Crippen molar-refractivity contribution in [1.82, 2.24) is 35.2 Å². The molecule has 0 saturated heterocycles. The Hall–Kier alpha value is -2.07. The molecular weight excluding hydrogens is 400 g/mol. The summed E-state index contributed by atoms with van der Waals surface area (Å²) < 4.78 is 3.90. The molecule has 10 heteroatoms. The first-order valence-corrected chi connectivity index (χ1v) is 11.7. The first-order chi connectivity index (χ1) is 14.3. The first kappa shape index (κ1) is 24.2. The van der Waals surface area contributed by atoms with Crippen molar-refractivity contribution in [2.75, 3.05) is 25.9 Å². The van der Waals surface area contributed by atoms with Gasteiger partial charge in [-0.25, -0.2) is 4.99 Å².